The van der Waals surface area contributed by atoms with Gasteiger partial charge in [0.1, 0.15) is 11.6 Å². The number of rotatable bonds is 3. The first-order valence-corrected chi connectivity index (χ1v) is 12.5. The number of aryl methyl sites for hydroxylation is 1. The van der Waals surface area contributed by atoms with Gasteiger partial charge in [-0.15, -0.1) is 10.2 Å². The molecular weight excluding hydrogens is 469 g/mol. The van der Waals surface area contributed by atoms with Gasteiger partial charge in [0, 0.05) is 55.8 Å². The van der Waals surface area contributed by atoms with Crippen molar-refractivity contribution in [3.05, 3.63) is 58.3 Å². The van der Waals surface area contributed by atoms with Gasteiger partial charge in [-0.2, -0.15) is 0 Å². The number of hydrogen-bond acceptors (Lipinski definition) is 7. The molecule has 6 heterocycles. The van der Waals surface area contributed by atoms with E-state index < -0.39 is 0 Å². The fourth-order valence-electron chi connectivity index (χ4n) is 6.02. The maximum Gasteiger partial charge on any atom is 0.231 e. The number of fused-ring (bicyclic) bond motifs is 3. The molecule has 0 saturated carbocycles. The summed E-state index contributed by atoms with van der Waals surface area (Å²) in [6.07, 6.45) is 1.03. The molecule has 3 aromatic rings. The van der Waals surface area contributed by atoms with Crippen LogP contribution in [0.2, 0.25) is 5.02 Å². The molecule has 4 aliphatic heterocycles. The summed E-state index contributed by atoms with van der Waals surface area (Å²) in [5.74, 6) is 2.45. The lowest BCUT2D eigenvalue weighted by atomic mass is 9.73. The van der Waals surface area contributed by atoms with Gasteiger partial charge in [0.15, 0.2) is 5.82 Å². The van der Waals surface area contributed by atoms with Gasteiger partial charge in [-0.05, 0) is 49.2 Å². The Morgan fingerprint density at radius 3 is 2.66 bits per heavy atom. The number of halogens is 2. The summed E-state index contributed by atoms with van der Waals surface area (Å²) in [6, 6.07) is 9.76. The summed E-state index contributed by atoms with van der Waals surface area (Å²) in [4.78, 5) is 11.4. The molecule has 10 heteroatoms. The lowest BCUT2D eigenvalue weighted by Gasteiger charge is -2.60. The minimum absolute atomic E-state index is 0.219. The zero-order chi connectivity index (χ0) is 23.7. The molecule has 2 aromatic heterocycles. The molecule has 0 N–H and O–H groups in total. The van der Waals surface area contributed by atoms with E-state index in [0.29, 0.717) is 11.7 Å². The highest BCUT2D eigenvalue weighted by molar-refractivity contribution is 6.30. The first kappa shape index (κ1) is 21.5. The van der Waals surface area contributed by atoms with E-state index in [-0.39, 0.29) is 11.2 Å². The lowest BCUT2D eigenvalue weighted by Crippen LogP contribution is -2.73. The Kier molecular flexibility index (Phi) is 4.84. The van der Waals surface area contributed by atoms with Crippen molar-refractivity contribution >= 4 is 23.4 Å². The van der Waals surface area contributed by atoms with E-state index in [2.05, 4.69) is 46.6 Å². The van der Waals surface area contributed by atoms with Gasteiger partial charge in [0.05, 0.1) is 24.5 Å². The quantitative estimate of drug-likeness (QED) is 0.553. The third-order valence-electron chi connectivity index (χ3n) is 7.85. The summed E-state index contributed by atoms with van der Waals surface area (Å²) in [7, 11) is 0. The van der Waals surface area contributed by atoms with Crippen molar-refractivity contribution in [2.24, 2.45) is 5.41 Å². The molecule has 0 radical (unpaired) electrons. The number of hydrogen-bond donors (Lipinski definition) is 0. The lowest BCUT2D eigenvalue weighted by molar-refractivity contribution is 0.133. The molecular formula is C25H27ClFN7O. The van der Waals surface area contributed by atoms with E-state index in [4.69, 9.17) is 16.3 Å². The monoisotopic (exact) mass is 495 g/mol. The minimum atomic E-state index is -0.258. The van der Waals surface area contributed by atoms with Crippen molar-refractivity contribution in [2.75, 3.05) is 49.2 Å². The second-order valence-electron chi connectivity index (χ2n) is 10.4. The van der Waals surface area contributed by atoms with Crippen LogP contribution in [0.1, 0.15) is 23.5 Å². The van der Waals surface area contributed by atoms with Crippen molar-refractivity contribution in [2.45, 2.75) is 32.5 Å². The van der Waals surface area contributed by atoms with Crippen molar-refractivity contribution < 1.29 is 9.13 Å². The van der Waals surface area contributed by atoms with Crippen LogP contribution in [-0.4, -0.2) is 70.1 Å². The topological polar surface area (TPSA) is 62.6 Å². The molecule has 1 atom stereocenters. The van der Waals surface area contributed by atoms with Gasteiger partial charge in [-0.25, -0.2) is 9.37 Å². The summed E-state index contributed by atoms with van der Waals surface area (Å²) < 4.78 is 21.5. The van der Waals surface area contributed by atoms with Gasteiger partial charge in [-0.3, -0.25) is 9.47 Å². The third-order valence-corrected chi connectivity index (χ3v) is 8.09. The van der Waals surface area contributed by atoms with E-state index >= 15 is 0 Å². The van der Waals surface area contributed by atoms with Crippen LogP contribution < -0.4 is 9.80 Å². The van der Waals surface area contributed by atoms with E-state index in [9.17, 15) is 4.39 Å². The van der Waals surface area contributed by atoms with Crippen molar-refractivity contribution in [1.82, 2.24) is 24.6 Å². The van der Waals surface area contributed by atoms with Crippen LogP contribution in [0.3, 0.4) is 0 Å². The molecule has 3 fully saturated rings. The third kappa shape index (κ3) is 3.51. The van der Waals surface area contributed by atoms with Gasteiger partial charge in [-0.1, -0.05) is 11.6 Å². The van der Waals surface area contributed by atoms with Gasteiger partial charge < -0.3 is 14.5 Å². The SMILES string of the molecule is Cc1nc(N2CC3(C2)CN(c2nnc4n2-c2ccc(Cl)cc2CN([C@H]2CCOC2)C4)C3)ccc1F. The molecule has 0 amide bonds. The second-order valence-corrected chi connectivity index (χ2v) is 10.8. The van der Waals surface area contributed by atoms with Crippen LogP contribution in [0.25, 0.3) is 5.69 Å². The average molecular weight is 496 g/mol. The number of pyridine rings is 1. The van der Waals surface area contributed by atoms with Crippen molar-refractivity contribution in [3.63, 3.8) is 0 Å². The fourth-order valence-corrected chi connectivity index (χ4v) is 6.22. The minimum Gasteiger partial charge on any atom is -0.380 e. The van der Waals surface area contributed by atoms with E-state index in [1.54, 1.807) is 13.0 Å². The fraction of sp³-hybridized carbons (Fsp3) is 0.480. The Bertz CT molecular complexity index is 1290. The van der Waals surface area contributed by atoms with E-state index in [1.807, 2.05) is 6.07 Å². The molecule has 0 bridgehead atoms. The maximum atomic E-state index is 13.6. The molecule has 35 heavy (non-hydrogen) atoms. The van der Waals surface area contributed by atoms with Gasteiger partial charge >= 0.3 is 0 Å². The molecule has 8 nitrogen and oxygen atoms in total. The summed E-state index contributed by atoms with van der Waals surface area (Å²) >= 11 is 6.40. The van der Waals surface area contributed by atoms with Crippen molar-refractivity contribution in [1.29, 1.82) is 0 Å². The molecule has 3 saturated heterocycles. The number of aromatic nitrogens is 4. The Morgan fingerprint density at radius 1 is 1.06 bits per heavy atom. The van der Waals surface area contributed by atoms with Crippen LogP contribution in [0.15, 0.2) is 30.3 Å². The normalized spacial score (nSPS) is 23.0. The van der Waals surface area contributed by atoms with Crippen LogP contribution in [-0.2, 0) is 17.8 Å². The number of benzene rings is 1. The number of nitrogens with zero attached hydrogens (tertiary/aromatic N) is 7. The molecule has 1 spiro atoms. The van der Waals surface area contributed by atoms with E-state index in [1.165, 1.54) is 11.6 Å². The largest absolute Gasteiger partial charge is 0.380 e. The Labute approximate surface area is 208 Å². The Balaban J connectivity index is 1.13. The zero-order valence-corrected chi connectivity index (χ0v) is 20.4. The Morgan fingerprint density at radius 2 is 1.89 bits per heavy atom. The zero-order valence-electron chi connectivity index (χ0n) is 19.6. The van der Waals surface area contributed by atoms with Gasteiger partial charge in [0.2, 0.25) is 5.95 Å². The second kappa shape index (κ2) is 7.88. The standard InChI is InChI=1S/C25H27ClFN7O/c1-16-20(27)3-5-22(28-16)32-12-25(13-32)14-33(15-25)24-30-29-23-10-31(19-6-7-35-11-19)9-17-8-18(26)2-4-21(17)34(23)24/h2-5,8,19H,6-7,9-15H2,1H3/t19-/m0/s1. The van der Waals surface area contributed by atoms with Crippen LogP contribution >= 0.6 is 11.6 Å². The molecule has 1 aromatic carbocycles. The highest BCUT2D eigenvalue weighted by Crippen LogP contribution is 2.44. The van der Waals surface area contributed by atoms with Crippen molar-refractivity contribution in [3.8, 4) is 5.69 Å². The summed E-state index contributed by atoms with van der Waals surface area (Å²) in [5, 5.41) is 10.0. The van der Waals surface area contributed by atoms with Gasteiger partial charge in [0.25, 0.3) is 0 Å². The molecule has 182 valence electrons. The maximum absolute atomic E-state index is 13.6. The van der Waals surface area contributed by atoms with Crippen LogP contribution in [0.5, 0.6) is 0 Å². The molecule has 4 aliphatic rings. The number of anilines is 2. The first-order chi connectivity index (χ1) is 17.0. The molecule has 0 aliphatic carbocycles. The number of ether oxygens (including phenoxy) is 1. The predicted octanol–water partition coefficient (Wildman–Crippen LogP) is 3.19. The highest BCUT2D eigenvalue weighted by Gasteiger charge is 2.53. The van der Waals surface area contributed by atoms with Crippen LogP contribution in [0, 0.1) is 18.2 Å². The van der Waals surface area contributed by atoms with E-state index in [0.717, 1.165) is 87.2 Å². The molecule has 7 rings (SSSR count). The average Bonchev–Trinajstić information content (AvgIpc) is 3.42. The predicted molar refractivity (Wildman–Crippen MR) is 131 cm³/mol. The summed E-state index contributed by atoms with van der Waals surface area (Å²) in [5.41, 5.74) is 2.96. The highest BCUT2D eigenvalue weighted by atomic mass is 35.5. The molecule has 0 unspecified atom stereocenters. The summed E-state index contributed by atoms with van der Waals surface area (Å²) in [6.45, 7) is 8.50. The smallest absolute Gasteiger partial charge is 0.231 e. The first-order valence-electron chi connectivity index (χ1n) is 12.2. The van der Waals surface area contributed by atoms with Crippen LogP contribution in [0.4, 0.5) is 16.2 Å². The Hall–Kier alpha value is -2.75.